The van der Waals surface area contributed by atoms with Crippen LogP contribution in [0.15, 0.2) is 41.3 Å². The lowest BCUT2D eigenvalue weighted by atomic mass is 10.1. The number of halogens is 3. The highest BCUT2D eigenvalue weighted by molar-refractivity contribution is 7.89. The summed E-state index contributed by atoms with van der Waals surface area (Å²) >= 11 is 0. The molecule has 0 aliphatic carbocycles. The molecular weight excluding hydrogens is 405 g/mol. The molecule has 5 nitrogen and oxygen atoms in total. The quantitative estimate of drug-likeness (QED) is 0.741. The van der Waals surface area contributed by atoms with Crippen molar-refractivity contribution in [3.63, 3.8) is 0 Å². The number of aryl methyl sites for hydroxylation is 1. The Morgan fingerprint density at radius 2 is 1.83 bits per heavy atom. The van der Waals surface area contributed by atoms with E-state index in [0.29, 0.717) is 11.1 Å². The first-order chi connectivity index (χ1) is 13.5. The van der Waals surface area contributed by atoms with Crippen molar-refractivity contribution in [2.45, 2.75) is 24.9 Å². The summed E-state index contributed by atoms with van der Waals surface area (Å²) < 4.78 is 64.6. The molecule has 2 aromatic carbocycles. The summed E-state index contributed by atoms with van der Waals surface area (Å²) in [5.41, 5.74) is 0.661. The lowest BCUT2D eigenvalue weighted by Gasteiger charge is -2.12. The molecule has 2 rings (SSSR count). The van der Waals surface area contributed by atoms with Crippen LogP contribution in [0.3, 0.4) is 0 Å². The third-order valence-corrected chi connectivity index (χ3v) is 5.74. The van der Waals surface area contributed by atoms with Gasteiger partial charge in [-0.15, -0.1) is 0 Å². The molecule has 0 atom stereocenters. The second kappa shape index (κ2) is 8.68. The molecule has 1 amide bonds. The van der Waals surface area contributed by atoms with E-state index in [9.17, 15) is 26.4 Å². The zero-order chi connectivity index (χ0) is 21.8. The molecule has 9 heteroatoms. The Balaban J connectivity index is 2.15. The summed E-state index contributed by atoms with van der Waals surface area (Å²) in [4.78, 5) is 12.3. The molecule has 2 aromatic rings. The highest BCUT2D eigenvalue weighted by atomic mass is 32.2. The summed E-state index contributed by atoms with van der Waals surface area (Å²) in [6, 6.07) is 7.38. The molecule has 0 aliphatic heterocycles. The zero-order valence-corrected chi connectivity index (χ0v) is 16.8. The molecule has 0 fully saturated rings. The van der Waals surface area contributed by atoms with Gasteiger partial charge >= 0.3 is 6.18 Å². The molecule has 0 spiro atoms. The number of carbonyl (C=O) groups is 1. The molecule has 0 aromatic heterocycles. The number of rotatable bonds is 4. The number of alkyl halides is 3. The summed E-state index contributed by atoms with van der Waals surface area (Å²) in [6.45, 7) is 3.21. The van der Waals surface area contributed by atoms with E-state index < -0.39 is 27.7 Å². The number of hydrogen-bond donors (Lipinski definition) is 2. The molecule has 0 heterocycles. The molecule has 0 aliphatic rings. The summed E-state index contributed by atoms with van der Waals surface area (Å²) in [5.74, 6) is 4.60. The Labute approximate surface area is 167 Å². The van der Waals surface area contributed by atoms with E-state index in [0.717, 1.165) is 12.1 Å². The van der Waals surface area contributed by atoms with Gasteiger partial charge in [-0.1, -0.05) is 17.9 Å². The van der Waals surface area contributed by atoms with Crippen LogP contribution in [0.1, 0.15) is 32.6 Å². The minimum atomic E-state index is -4.46. The van der Waals surface area contributed by atoms with Gasteiger partial charge in [-0.2, -0.15) is 13.2 Å². The lowest BCUT2D eigenvalue weighted by Crippen LogP contribution is -2.25. The highest BCUT2D eigenvalue weighted by Gasteiger charge is 2.30. The van der Waals surface area contributed by atoms with Gasteiger partial charge in [0.25, 0.3) is 5.91 Å². The zero-order valence-electron chi connectivity index (χ0n) is 15.9. The highest BCUT2D eigenvalue weighted by Crippen LogP contribution is 2.29. The molecule has 0 bridgehead atoms. The Morgan fingerprint density at radius 3 is 2.45 bits per heavy atom. The van der Waals surface area contributed by atoms with Crippen LogP contribution in [-0.4, -0.2) is 27.9 Å². The van der Waals surface area contributed by atoms with Gasteiger partial charge in [0.15, 0.2) is 0 Å². The largest absolute Gasteiger partial charge is 0.416 e. The topological polar surface area (TPSA) is 75.3 Å². The van der Waals surface area contributed by atoms with Crippen molar-refractivity contribution in [1.29, 1.82) is 0 Å². The van der Waals surface area contributed by atoms with Crippen molar-refractivity contribution >= 4 is 15.9 Å². The van der Waals surface area contributed by atoms with Crippen molar-refractivity contribution in [1.82, 2.24) is 10.0 Å². The van der Waals surface area contributed by atoms with Crippen LogP contribution >= 0.6 is 0 Å². The standard InChI is InChI=1S/C20H19F3N2O3S/c1-13-10-16(12-18(14(13)2)29(27,28)24-3)19(26)25-9-5-7-15-6-4-8-17(11-15)20(21,22)23/h4,6,8,10-12,24H,9H2,1-3H3,(H,25,26). The van der Waals surface area contributed by atoms with Crippen molar-refractivity contribution in [2.24, 2.45) is 0 Å². The van der Waals surface area contributed by atoms with Crippen LogP contribution < -0.4 is 10.0 Å². The summed E-state index contributed by atoms with van der Waals surface area (Å²) in [6.07, 6.45) is -4.46. The van der Waals surface area contributed by atoms with Crippen LogP contribution in [-0.2, 0) is 16.2 Å². The number of nitrogens with one attached hydrogen (secondary N) is 2. The van der Waals surface area contributed by atoms with Crippen LogP contribution in [0.5, 0.6) is 0 Å². The van der Waals surface area contributed by atoms with E-state index in [2.05, 4.69) is 21.9 Å². The first kappa shape index (κ1) is 22.5. The maximum absolute atomic E-state index is 12.7. The van der Waals surface area contributed by atoms with Crippen LogP contribution in [0, 0.1) is 25.7 Å². The van der Waals surface area contributed by atoms with Crippen molar-refractivity contribution in [3.8, 4) is 11.8 Å². The lowest BCUT2D eigenvalue weighted by molar-refractivity contribution is -0.137. The van der Waals surface area contributed by atoms with Crippen LogP contribution in [0.2, 0.25) is 0 Å². The number of hydrogen-bond acceptors (Lipinski definition) is 3. The minimum Gasteiger partial charge on any atom is -0.341 e. The van der Waals surface area contributed by atoms with E-state index >= 15 is 0 Å². The fourth-order valence-electron chi connectivity index (χ4n) is 2.49. The van der Waals surface area contributed by atoms with Gasteiger partial charge in [0.2, 0.25) is 10.0 Å². The fourth-order valence-corrected chi connectivity index (χ4v) is 3.56. The molecular formula is C20H19F3N2O3S. The maximum atomic E-state index is 12.7. The van der Waals surface area contributed by atoms with Gasteiger partial charge in [-0.25, -0.2) is 13.1 Å². The number of carbonyl (C=O) groups excluding carboxylic acids is 1. The molecule has 154 valence electrons. The molecule has 2 N–H and O–H groups in total. The molecule has 0 unspecified atom stereocenters. The average Bonchev–Trinajstić information content (AvgIpc) is 2.66. The van der Waals surface area contributed by atoms with Gasteiger partial charge in [0.05, 0.1) is 17.0 Å². The number of amides is 1. The third-order valence-electron chi connectivity index (χ3n) is 4.20. The minimum absolute atomic E-state index is 0.000185. The second-order valence-electron chi connectivity index (χ2n) is 6.19. The first-order valence-corrected chi connectivity index (χ1v) is 9.93. The average molecular weight is 424 g/mol. The monoisotopic (exact) mass is 424 g/mol. The molecule has 0 saturated carbocycles. The van der Waals surface area contributed by atoms with Gasteiger partial charge in [0, 0.05) is 11.1 Å². The Bertz CT molecular complexity index is 1100. The molecule has 29 heavy (non-hydrogen) atoms. The SMILES string of the molecule is CNS(=O)(=O)c1cc(C(=O)NCC#Cc2cccc(C(F)(F)F)c2)cc(C)c1C. The first-order valence-electron chi connectivity index (χ1n) is 8.45. The van der Waals surface area contributed by atoms with Crippen LogP contribution in [0.25, 0.3) is 0 Å². The van der Waals surface area contributed by atoms with E-state index in [4.69, 9.17) is 0 Å². The maximum Gasteiger partial charge on any atom is 0.416 e. The van der Waals surface area contributed by atoms with E-state index in [1.165, 1.54) is 25.2 Å². The summed E-state index contributed by atoms with van der Waals surface area (Å²) in [7, 11) is -2.46. The van der Waals surface area contributed by atoms with Gasteiger partial charge < -0.3 is 5.32 Å². The number of benzene rings is 2. The van der Waals surface area contributed by atoms with E-state index in [-0.39, 0.29) is 22.6 Å². The number of sulfonamides is 1. The second-order valence-corrected chi connectivity index (χ2v) is 8.04. The van der Waals surface area contributed by atoms with Gasteiger partial charge in [-0.05, 0) is 62.4 Å². The van der Waals surface area contributed by atoms with E-state index in [1.54, 1.807) is 19.9 Å². The fraction of sp³-hybridized carbons (Fsp3) is 0.250. The van der Waals surface area contributed by atoms with Crippen LogP contribution in [0.4, 0.5) is 13.2 Å². The van der Waals surface area contributed by atoms with Crippen molar-refractivity contribution in [3.05, 3.63) is 64.2 Å². The van der Waals surface area contributed by atoms with Crippen molar-refractivity contribution < 1.29 is 26.4 Å². The predicted molar refractivity (Wildman–Crippen MR) is 103 cm³/mol. The smallest absolute Gasteiger partial charge is 0.341 e. The Morgan fingerprint density at radius 1 is 1.14 bits per heavy atom. The summed E-state index contributed by atoms with van der Waals surface area (Å²) in [5, 5.41) is 2.51. The Hall–Kier alpha value is -2.83. The van der Waals surface area contributed by atoms with Crippen molar-refractivity contribution in [2.75, 3.05) is 13.6 Å². The van der Waals surface area contributed by atoms with E-state index in [1.807, 2.05) is 0 Å². The predicted octanol–water partition coefficient (Wildman–Crippen LogP) is 3.01. The molecule has 0 radical (unpaired) electrons. The van der Waals surface area contributed by atoms with Gasteiger partial charge in [0.1, 0.15) is 0 Å². The molecule has 0 saturated heterocycles. The third kappa shape index (κ3) is 5.59. The normalized spacial score (nSPS) is 11.5. The van der Waals surface area contributed by atoms with Gasteiger partial charge in [-0.3, -0.25) is 4.79 Å². The Kier molecular flexibility index (Phi) is 6.72.